The SMILES string of the molecule is I.O=S1(=O)CCC(CN=C(NCC2CC2)NC2CCCCC2)C1. The number of guanidine groups is 1. The van der Waals surface area contributed by atoms with E-state index < -0.39 is 9.84 Å². The van der Waals surface area contributed by atoms with Crippen LogP contribution in [-0.4, -0.2) is 45.0 Å². The van der Waals surface area contributed by atoms with E-state index in [1.54, 1.807) is 0 Å². The van der Waals surface area contributed by atoms with Crippen molar-refractivity contribution >= 4 is 39.8 Å². The summed E-state index contributed by atoms with van der Waals surface area (Å²) in [6, 6.07) is 0.534. The third kappa shape index (κ3) is 6.76. The van der Waals surface area contributed by atoms with Crippen LogP contribution in [-0.2, 0) is 9.84 Å². The van der Waals surface area contributed by atoms with Gasteiger partial charge in [0.15, 0.2) is 15.8 Å². The lowest BCUT2D eigenvalue weighted by molar-refractivity contribution is 0.409. The van der Waals surface area contributed by atoms with Crippen molar-refractivity contribution in [3.8, 4) is 0 Å². The highest BCUT2D eigenvalue weighted by Gasteiger charge is 2.28. The molecule has 1 atom stereocenters. The number of hydrogen-bond acceptors (Lipinski definition) is 3. The van der Waals surface area contributed by atoms with Crippen LogP contribution >= 0.6 is 24.0 Å². The second kappa shape index (κ2) is 8.87. The number of nitrogens with one attached hydrogen (secondary N) is 2. The minimum absolute atomic E-state index is 0. The second-order valence-corrected chi connectivity index (χ2v) is 9.49. The zero-order chi connectivity index (χ0) is 15.4. The maximum absolute atomic E-state index is 11.5. The fourth-order valence-electron chi connectivity index (χ4n) is 3.39. The van der Waals surface area contributed by atoms with Crippen LogP contribution in [0, 0.1) is 11.8 Å². The predicted molar refractivity (Wildman–Crippen MR) is 105 cm³/mol. The van der Waals surface area contributed by atoms with E-state index in [2.05, 4.69) is 10.6 Å². The molecule has 3 fully saturated rings. The van der Waals surface area contributed by atoms with Crippen molar-refractivity contribution in [2.24, 2.45) is 16.8 Å². The maximum Gasteiger partial charge on any atom is 0.191 e. The van der Waals surface area contributed by atoms with E-state index in [0.717, 1.165) is 24.8 Å². The van der Waals surface area contributed by atoms with Crippen molar-refractivity contribution in [2.75, 3.05) is 24.6 Å². The Bertz CT molecular complexity index is 499. The molecule has 0 aromatic carbocycles. The Morgan fingerprint density at radius 3 is 2.35 bits per heavy atom. The minimum Gasteiger partial charge on any atom is -0.356 e. The van der Waals surface area contributed by atoms with E-state index in [0.29, 0.717) is 24.1 Å². The smallest absolute Gasteiger partial charge is 0.191 e. The van der Waals surface area contributed by atoms with Crippen LogP contribution in [0.4, 0.5) is 0 Å². The summed E-state index contributed by atoms with van der Waals surface area (Å²) in [5, 5.41) is 7.04. The Morgan fingerprint density at radius 2 is 1.74 bits per heavy atom. The van der Waals surface area contributed by atoms with E-state index >= 15 is 0 Å². The molecule has 0 aromatic heterocycles. The van der Waals surface area contributed by atoms with E-state index in [-0.39, 0.29) is 29.9 Å². The molecular formula is C16H30IN3O2S. The van der Waals surface area contributed by atoms with Crippen molar-refractivity contribution in [1.82, 2.24) is 10.6 Å². The molecule has 3 aliphatic rings. The zero-order valence-corrected chi connectivity index (χ0v) is 16.9. The summed E-state index contributed by atoms with van der Waals surface area (Å²) in [6.07, 6.45) is 9.81. The summed E-state index contributed by atoms with van der Waals surface area (Å²) < 4.78 is 23.1. The van der Waals surface area contributed by atoms with Gasteiger partial charge in [0.2, 0.25) is 0 Å². The van der Waals surface area contributed by atoms with E-state index in [1.165, 1.54) is 44.9 Å². The summed E-state index contributed by atoms with van der Waals surface area (Å²) in [5.74, 6) is 2.58. The highest BCUT2D eigenvalue weighted by molar-refractivity contribution is 14.0. The van der Waals surface area contributed by atoms with Crippen molar-refractivity contribution in [3.63, 3.8) is 0 Å². The molecule has 2 N–H and O–H groups in total. The van der Waals surface area contributed by atoms with Crippen LogP contribution < -0.4 is 10.6 Å². The molecule has 3 rings (SSSR count). The van der Waals surface area contributed by atoms with Gasteiger partial charge in [-0.15, -0.1) is 24.0 Å². The lowest BCUT2D eigenvalue weighted by Gasteiger charge is -2.25. The van der Waals surface area contributed by atoms with Crippen LogP contribution in [0.1, 0.15) is 51.4 Å². The molecule has 134 valence electrons. The maximum atomic E-state index is 11.5. The molecule has 0 radical (unpaired) electrons. The van der Waals surface area contributed by atoms with Gasteiger partial charge in [-0.1, -0.05) is 19.3 Å². The first-order chi connectivity index (χ1) is 10.6. The Hall–Kier alpha value is -0.0500. The second-order valence-electron chi connectivity index (χ2n) is 7.26. The van der Waals surface area contributed by atoms with Gasteiger partial charge in [-0.05, 0) is 43.9 Å². The van der Waals surface area contributed by atoms with Gasteiger partial charge < -0.3 is 10.6 Å². The third-order valence-corrected chi connectivity index (χ3v) is 6.87. The quantitative estimate of drug-likeness (QED) is 0.379. The molecule has 2 saturated carbocycles. The van der Waals surface area contributed by atoms with Crippen LogP contribution in [0.3, 0.4) is 0 Å². The zero-order valence-electron chi connectivity index (χ0n) is 13.8. The van der Waals surface area contributed by atoms with E-state index in [9.17, 15) is 8.42 Å². The van der Waals surface area contributed by atoms with Crippen LogP contribution in [0.5, 0.6) is 0 Å². The predicted octanol–water partition coefficient (Wildman–Crippen LogP) is 2.32. The summed E-state index contributed by atoms with van der Waals surface area (Å²) in [4.78, 5) is 4.70. The van der Waals surface area contributed by atoms with Crippen LogP contribution in [0.25, 0.3) is 0 Å². The molecular weight excluding hydrogens is 425 g/mol. The number of halogens is 1. The first-order valence-electron chi connectivity index (χ1n) is 8.86. The summed E-state index contributed by atoms with van der Waals surface area (Å²) in [7, 11) is -2.80. The molecule has 0 spiro atoms. The van der Waals surface area contributed by atoms with Gasteiger partial charge in [0, 0.05) is 19.1 Å². The average Bonchev–Trinajstić information content (AvgIpc) is 3.26. The van der Waals surface area contributed by atoms with E-state index in [4.69, 9.17) is 4.99 Å². The Kier molecular flexibility index (Phi) is 7.44. The first kappa shape index (κ1) is 19.3. The van der Waals surface area contributed by atoms with Gasteiger partial charge in [-0.3, -0.25) is 4.99 Å². The fourth-order valence-corrected chi connectivity index (χ4v) is 5.24. The van der Waals surface area contributed by atoms with Crippen molar-refractivity contribution < 1.29 is 8.42 Å². The van der Waals surface area contributed by atoms with E-state index in [1.807, 2.05) is 0 Å². The highest BCUT2D eigenvalue weighted by Crippen LogP contribution is 2.27. The first-order valence-corrected chi connectivity index (χ1v) is 10.7. The number of aliphatic imine (C=N–C) groups is 1. The molecule has 5 nitrogen and oxygen atoms in total. The lowest BCUT2D eigenvalue weighted by Crippen LogP contribution is -2.45. The molecule has 1 heterocycles. The normalized spacial score (nSPS) is 28.2. The monoisotopic (exact) mass is 455 g/mol. The van der Waals surface area contributed by atoms with Crippen molar-refractivity contribution in [1.29, 1.82) is 0 Å². The Labute approximate surface area is 157 Å². The molecule has 0 amide bonds. The molecule has 0 aromatic rings. The van der Waals surface area contributed by atoms with Gasteiger partial charge in [0.05, 0.1) is 11.5 Å². The Balaban J connectivity index is 0.00000192. The molecule has 23 heavy (non-hydrogen) atoms. The number of nitrogens with zero attached hydrogens (tertiary/aromatic N) is 1. The third-order valence-electron chi connectivity index (χ3n) is 5.04. The summed E-state index contributed by atoms with van der Waals surface area (Å²) >= 11 is 0. The summed E-state index contributed by atoms with van der Waals surface area (Å²) in [5.41, 5.74) is 0. The van der Waals surface area contributed by atoms with Crippen LogP contribution in [0.2, 0.25) is 0 Å². The van der Waals surface area contributed by atoms with Gasteiger partial charge in [0.1, 0.15) is 0 Å². The number of sulfone groups is 1. The molecule has 7 heteroatoms. The molecule has 1 saturated heterocycles. The van der Waals surface area contributed by atoms with Gasteiger partial charge in [-0.25, -0.2) is 8.42 Å². The van der Waals surface area contributed by atoms with Crippen LogP contribution in [0.15, 0.2) is 4.99 Å². The molecule has 0 bridgehead atoms. The topological polar surface area (TPSA) is 70.6 Å². The van der Waals surface area contributed by atoms with Gasteiger partial charge in [-0.2, -0.15) is 0 Å². The fraction of sp³-hybridized carbons (Fsp3) is 0.938. The van der Waals surface area contributed by atoms with Crippen molar-refractivity contribution in [2.45, 2.75) is 57.4 Å². The molecule has 2 aliphatic carbocycles. The van der Waals surface area contributed by atoms with Gasteiger partial charge in [0.25, 0.3) is 0 Å². The van der Waals surface area contributed by atoms with Gasteiger partial charge >= 0.3 is 0 Å². The number of hydrogen-bond donors (Lipinski definition) is 2. The molecule has 1 aliphatic heterocycles. The largest absolute Gasteiger partial charge is 0.356 e. The highest BCUT2D eigenvalue weighted by atomic mass is 127. The Morgan fingerprint density at radius 1 is 1.00 bits per heavy atom. The summed E-state index contributed by atoms with van der Waals surface area (Å²) in [6.45, 7) is 1.63. The number of rotatable bonds is 5. The minimum atomic E-state index is -2.80. The standard InChI is InChI=1S/C16H29N3O2S.HI/c20-22(21)9-8-14(12-22)11-18-16(17-10-13-6-7-13)19-15-4-2-1-3-5-15;/h13-15H,1-12H2,(H2,17,18,19);1H. The molecule has 1 unspecified atom stereocenters. The van der Waals surface area contributed by atoms with Crippen molar-refractivity contribution in [3.05, 3.63) is 0 Å². The lowest BCUT2D eigenvalue weighted by atomic mass is 9.96. The average molecular weight is 455 g/mol.